The first-order valence-electron chi connectivity index (χ1n) is 9.94. The Morgan fingerprint density at radius 2 is 1.97 bits per heavy atom. The molecule has 0 saturated heterocycles. The van der Waals surface area contributed by atoms with Gasteiger partial charge in [0.25, 0.3) is 5.91 Å². The molecular formula is C21H25FN6O2. The maximum absolute atomic E-state index is 14.1. The number of nitriles is 1. The number of hydrogen-bond acceptors (Lipinski definition) is 7. The lowest BCUT2D eigenvalue weighted by molar-refractivity contribution is 0.0868. The van der Waals surface area contributed by atoms with Crippen LogP contribution in [0.3, 0.4) is 0 Å². The van der Waals surface area contributed by atoms with Gasteiger partial charge in [0.05, 0.1) is 22.9 Å². The molecule has 0 spiro atoms. The minimum atomic E-state index is -0.671. The summed E-state index contributed by atoms with van der Waals surface area (Å²) < 4.78 is 14.1. The molecule has 0 aromatic carbocycles. The lowest BCUT2D eigenvalue weighted by atomic mass is 9.93. The van der Waals surface area contributed by atoms with Crippen molar-refractivity contribution in [2.75, 3.05) is 10.6 Å². The molecule has 0 atom stereocenters. The number of carbonyl (C=O) groups is 1. The highest BCUT2D eigenvalue weighted by atomic mass is 19.1. The Balaban J connectivity index is 1.79. The number of pyridine rings is 2. The van der Waals surface area contributed by atoms with E-state index in [-0.39, 0.29) is 35.5 Å². The molecule has 8 nitrogen and oxygen atoms in total. The first-order chi connectivity index (χ1) is 14.4. The van der Waals surface area contributed by atoms with Crippen LogP contribution in [0.4, 0.5) is 21.7 Å². The fourth-order valence-corrected chi connectivity index (χ4v) is 3.33. The fourth-order valence-electron chi connectivity index (χ4n) is 3.33. The van der Waals surface area contributed by atoms with Crippen LogP contribution in [-0.2, 0) is 0 Å². The molecule has 1 amide bonds. The van der Waals surface area contributed by atoms with Crippen LogP contribution in [0.2, 0.25) is 0 Å². The van der Waals surface area contributed by atoms with Crippen LogP contribution in [0.15, 0.2) is 24.5 Å². The molecule has 2 aromatic rings. The van der Waals surface area contributed by atoms with Gasteiger partial charge in [-0.05, 0) is 45.6 Å². The second-order valence-corrected chi connectivity index (χ2v) is 7.68. The number of amides is 1. The summed E-state index contributed by atoms with van der Waals surface area (Å²) in [6.45, 7) is 3.89. The number of aliphatic hydroxyl groups is 1. The van der Waals surface area contributed by atoms with Crippen molar-refractivity contribution >= 4 is 23.2 Å². The molecule has 158 valence electrons. The minimum Gasteiger partial charge on any atom is -0.393 e. The molecule has 0 unspecified atom stereocenters. The predicted octanol–water partition coefficient (Wildman–Crippen LogP) is 3.08. The summed E-state index contributed by atoms with van der Waals surface area (Å²) in [4.78, 5) is 20.9. The van der Waals surface area contributed by atoms with E-state index in [0.717, 1.165) is 18.9 Å². The lowest BCUT2D eigenvalue weighted by Gasteiger charge is -2.26. The Hall–Kier alpha value is -3.25. The van der Waals surface area contributed by atoms with E-state index in [1.165, 1.54) is 12.4 Å². The number of anilines is 3. The van der Waals surface area contributed by atoms with Crippen molar-refractivity contribution in [3.63, 3.8) is 0 Å². The van der Waals surface area contributed by atoms with Gasteiger partial charge in [-0.3, -0.25) is 4.79 Å². The van der Waals surface area contributed by atoms with E-state index in [2.05, 4.69) is 25.9 Å². The van der Waals surface area contributed by atoms with Crippen molar-refractivity contribution in [3.8, 4) is 6.07 Å². The van der Waals surface area contributed by atoms with E-state index >= 15 is 0 Å². The Kier molecular flexibility index (Phi) is 6.79. The van der Waals surface area contributed by atoms with Crippen LogP contribution in [0.5, 0.6) is 0 Å². The number of carbonyl (C=O) groups excluding carboxylic acids is 1. The quantitative estimate of drug-likeness (QED) is 0.575. The maximum Gasteiger partial charge on any atom is 0.255 e. The van der Waals surface area contributed by atoms with Crippen LogP contribution in [-0.4, -0.2) is 39.2 Å². The summed E-state index contributed by atoms with van der Waals surface area (Å²) in [7, 11) is 0. The maximum atomic E-state index is 14.1. The molecule has 2 aromatic heterocycles. The van der Waals surface area contributed by atoms with Gasteiger partial charge in [0.2, 0.25) is 0 Å². The Bertz CT molecular complexity index is 951. The third kappa shape index (κ3) is 5.42. The number of hydrogen-bond donors (Lipinski definition) is 4. The van der Waals surface area contributed by atoms with Gasteiger partial charge in [-0.2, -0.15) is 5.26 Å². The fraction of sp³-hybridized carbons (Fsp3) is 0.429. The summed E-state index contributed by atoms with van der Waals surface area (Å²) in [5.74, 6) is -0.668. The summed E-state index contributed by atoms with van der Waals surface area (Å²) in [5, 5.41) is 27.5. The second-order valence-electron chi connectivity index (χ2n) is 7.68. The molecule has 30 heavy (non-hydrogen) atoms. The molecule has 4 N–H and O–H groups in total. The third-order valence-corrected chi connectivity index (χ3v) is 4.84. The Morgan fingerprint density at radius 1 is 1.23 bits per heavy atom. The Labute approximate surface area is 174 Å². The van der Waals surface area contributed by atoms with Crippen molar-refractivity contribution in [2.24, 2.45) is 0 Å². The smallest absolute Gasteiger partial charge is 0.255 e. The zero-order valence-corrected chi connectivity index (χ0v) is 16.9. The van der Waals surface area contributed by atoms with Gasteiger partial charge in [0.1, 0.15) is 11.9 Å². The van der Waals surface area contributed by atoms with Crippen LogP contribution < -0.4 is 16.0 Å². The van der Waals surface area contributed by atoms with E-state index in [1.807, 2.05) is 19.9 Å². The van der Waals surface area contributed by atoms with Gasteiger partial charge in [-0.15, -0.1) is 0 Å². The first-order valence-corrected chi connectivity index (χ1v) is 9.94. The van der Waals surface area contributed by atoms with Gasteiger partial charge in [-0.25, -0.2) is 14.4 Å². The van der Waals surface area contributed by atoms with E-state index in [0.29, 0.717) is 29.9 Å². The summed E-state index contributed by atoms with van der Waals surface area (Å²) in [5.41, 5.74) is 1.06. The Morgan fingerprint density at radius 3 is 2.60 bits per heavy atom. The number of nitrogens with one attached hydrogen (secondary N) is 3. The molecule has 0 aliphatic heterocycles. The summed E-state index contributed by atoms with van der Waals surface area (Å²) in [6, 6.07) is 4.62. The summed E-state index contributed by atoms with van der Waals surface area (Å²) in [6.07, 6.45) is 5.22. The zero-order chi connectivity index (χ0) is 21.7. The SMILES string of the molecule is CC(C)Nc1cc(Nc2ncc(C#N)cc2F)ncc1C(=O)NC1CCC(O)CC1. The van der Waals surface area contributed by atoms with Crippen LogP contribution >= 0.6 is 0 Å². The van der Waals surface area contributed by atoms with Crippen LogP contribution in [0, 0.1) is 17.1 Å². The first kappa shape index (κ1) is 21.5. The van der Waals surface area contributed by atoms with Gasteiger partial charge in [-0.1, -0.05) is 0 Å². The number of nitrogens with zero attached hydrogens (tertiary/aromatic N) is 3. The summed E-state index contributed by atoms with van der Waals surface area (Å²) >= 11 is 0. The standard InChI is InChI=1S/C21H25FN6O2/c1-12(2)26-18-8-19(28-20-17(22)7-13(9-23)10-25-20)24-11-16(18)21(30)27-14-3-5-15(29)6-4-14/h7-8,10-12,14-15,29H,3-6H2,1-2H3,(H,27,30)(H2,24,25,26,28). The van der Waals surface area contributed by atoms with Gasteiger partial charge >= 0.3 is 0 Å². The molecule has 1 aliphatic carbocycles. The second kappa shape index (κ2) is 9.50. The van der Waals surface area contributed by atoms with Gasteiger partial charge < -0.3 is 21.1 Å². The topological polar surface area (TPSA) is 123 Å². The predicted molar refractivity (Wildman–Crippen MR) is 111 cm³/mol. The molecule has 9 heteroatoms. The number of aliphatic hydroxyl groups excluding tert-OH is 1. The average molecular weight is 412 g/mol. The zero-order valence-electron chi connectivity index (χ0n) is 16.9. The van der Waals surface area contributed by atoms with E-state index < -0.39 is 5.82 Å². The molecule has 3 rings (SSSR count). The molecular weight excluding hydrogens is 387 g/mol. The highest BCUT2D eigenvalue weighted by molar-refractivity contribution is 6.00. The van der Waals surface area contributed by atoms with Crippen molar-refractivity contribution in [1.82, 2.24) is 15.3 Å². The number of halogens is 1. The molecule has 2 heterocycles. The molecule has 0 bridgehead atoms. The third-order valence-electron chi connectivity index (χ3n) is 4.84. The van der Waals surface area contributed by atoms with E-state index in [9.17, 15) is 14.3 Å². The van der Waals surface area contributed by atoms with Crippen LogP contribution in [0.1, 0.15) is 55.5 Å². The normalized spacial score (nSPS) is 18.5. The average Bonchev–Trinajstić information content (AvgIpc) is 2.71. The molecule has 1 fully saturated rings. The van der Waals surface area contributed by atoms with Gasteiger partial charge in [0.15, 0.2) is 11.6 Å². The van der Waals surface area contributed by atoms with Gasteiger partial charge in [0, 0.05) is 30.5 Å². The van der Waals surface area contributed by atoms with E-state index in [4.69, 9.17) is 5.26 Å². The largest absolute Gasteiger partial charge is 0.393 e. The molecule has 1 aliphatic rings. The van der Waals surface area contributed by atoms with Crippen molar-refractivity contribution in [2.45, 2.75) is 57.7 Å². The number of aromatic nitrogens is 2. The lowest BCUT2D eigenvalue weighted by Crippen LogP contribution is -2.39. The highest BCUT2D eigenvalue weighted by Crippen LogP contribution is 2.24. The van der Waals surface area contributed by atoms with E-state index in [1.54, 1.807) is 6.07 Å². The van der Waals surface area contributed by atoms with Crippen LogP contribution in [0.25, 0.3) is 0 Å². The van der Waals surface area contributed by atoms with Crippen molar-refractivity contribution < 1.29 is 14.3 Å². The number of rotatable bonds is 6. The highest BCUT2D eigenvalue weighted by Gasteiger charge is 2.23. The minimum absolute atomic E-state index is 0.0162. The monoisotopic (exact) mass is 412 g/mol. The molecule has 0 radical (unpaired) electrons. The van der Waals surface area contributed by atoms with Crippen molar-refractivity contribution in [1.29, 1.82) is 5.26 Å². The molecule has 1 saturated carbocycles. The van der Waals surface area contributed by atoms with Crippen molar-refractivity contribution in [3.05, 3.63) is 41.5 Å².